The third kappa shape index (κ3) is 4.30. The number of aromatic amines is 1. The Balaban J connectivity index is 0.000000217. The molecule has 0 aromatic carbocycles. The molecule has 1 N–H and O–H groups in total. The van der Waals surface area contributed by atoms with Crippen molar-refractivity contribution in [3.8, 4) is 0 Å². The minimum absolute atomic E-state index is 0.255. The molecule has 0 saturated carbocycles. The summed E-state index contributed by atoms with van der Waals surface area (Å²) < 4.78 is 0. The molecule has 0 saturated heterocycles. The minimum atomic E-state index is -0.255. The number of nitrogens with zero attached hydrogens (tertiary/aromatic N) is 2. The van der Waals surface area contributed by atoms with Crippen LogP contribution in [0.3, 0.4) is 0 Å². The lowest BCUT2D eigenvalue weighted by molar-refractivity contribution is 0.801. The molecular weight excluding hydrogens is 250 g/mol. The van der Waals surface area contributed by atoms with Crippen molar-refractivity contribution < 1.29 is 0 Å². The highest BCUT2D eigenvalue weighted by atomic mass is 16.1. The van der Waals surface area contributed by atoms with Gasteiger partial charge in [-0.1, -0.05) is 19.9 Å². The van der Waals surface area contributed by atoms with Gasteiger partial charge in [0.2, 0.25) is 0 Å². The summed E-state index contributed by atoms with van der Waals surface area (Å²) in [7, 11) is 0. The third-order valence-electron chi connectivity index (χ3n) is 3.21. The van der Waals surface area contributed by atoms with Crippen molar-refractivity contribution in [2.24, 2.45) is 0 Å². The first-order chi connectivity index (χ1) is 9.32. The number of pyridine rings is 1. The molecule has 2 aromatic rings. The van der Waals surface area contributed by atoms with E-state index in [1.54, 1.807) is 0 Å². The maximum Gasteiger partial charge on any atom is 0.345 e. The van der Waals surface area contributed by atoms with Gasteiger partial charge in [0.25, 0.3) is 0 Å². The standard InChI is InChI=1S/C9H14N2O.C7H9N/c1-5(2)8-6(3)10-9(12)11-7(8)4;1-6-4-3-5-8-7(6)2/h5H,1-4H3,(H,10,11,12);3-5H,1-2H3. The summed E-state index contributed by atoms with van der Waals surface area (Å²) >= 11 is 0. The monoisotopic (exact) mass is 273 g/mol. The van der Waals surface area contributed by atoms with E-state index in [-0.39, 0.29) is 5.69 Å². The van der Waals surface area contributed by atoms with Crippen molar-refractivity contribution in [3.63, 3.8) is 0 Å². The molecular formula is C16H23N3O. The molecule has 2 aromatic heterocycles. The second kappa shape index (κ2) is 6.98. The van der Waals surface area contributed by atoms with Crippen LogP contribution >= 0.6 is 0 Å². The Morgan fingerprint density at radius 2 is 1.75 bits per heavy atom. The van der Waals surface area contributed by atoms with Gasteiger partial charge in [0, 0.05) is 23.3 Å². The molecule has 0 unspecified atom stereocenters. The summed E-state index contributed by atoms with van der Waals surface area (Å²) in [5.41, 5.74) is 5.04. The molecule has 0 aliphatic rings. The van der Waals surface area contributed by atoms with Crippen LogP contribution in [0.2, 0.25) is 0 Å². The average molecular weight is 273 g/mol. The van der Waals surface area contributed by atoms with Crippen LogP contribution in [-0.4, -0.2) is 15.0 Å². The lowest BCUT2D eigenvalue weighted by Crippen LogP contribution is -2.16. The SMILES string of the molecule is Cc1cccnc1C.Cc1nc(=O)[nH]c(C)c1C(C)C. The van der Waals surface area contributed by atoms with Gasteiger partial charge in [-0.3, -0.25) is 4.98 Å². The normalized spacial score (nSPS) is 10.2. The van der Waals surface area contributed by atoms with Crippen molar-refractivity contribution in [1.29, 1.82) is 0 Å². The predicted octanol–water partition coefficient (Wildman–Crippen LogP) is 3.21. The number of nitrogens with one attached hydrogen (secondary N) is 1. The summed E-state index contributed by atoms with van der Waals surface area (Å²) in [4.78, 5) is 21.5. The molecule has 0 radical (unpaired) electrons. The van der Waals surface area contributed by atoms with E-state index < -0.39 is 0 Å². The van der Waals surface area contributed by atoms with Gasteiger partial charge < -0.3 is 4.98 Å². The molecule has 20 heavy (non-hydrogen) atoms. The van der Waals surface area contributed by atoms with Gasteiger partial charge in [-0.25, -0.2) is 4.79 Å². The molecule has 4 heteroatoms. The van der Waals surface area contributed by atoms with Gasteiger partial charge >= 0.3 is 5.69 Å². The molecule has 0 fully saturated rings. The number of hydrogen-bond donors (Lipinski definition) is 1. The maximum absolute atomic E-state index is 10.9. The first kappa shape index (κ1) is 16.1. The molecule has 0 aliphatic carbocycles. The molecule has 108 valence electrons. The highest BCUT2D eigenvalue weighted by Gasteiger charge is 2.08. The Morgan fingerprint density at radius 1 is 1.10 bits per heavy atom. The van der Waals surface area contributed by atoms with Crippen LogP contribution in [-0.2, 0) is 0 Å². The highest BCUT2D eigenvalue weighted by Crippen LogP contribution is 2.18. The van der Waals surface area contributed by atoms with Gasteiger partial charge in [-0.15, -0.1) is 0 Å². The topological polar surface area (TPSA) is 58.6 Å². The molecule has 0 bridgehead atoms. The van der Waals surface area contributed by atoms with Crippen LogP contribution in [0, 0.1) is 27.7 Å². The fraction of sp³-hybridized carbons (Fsp3) is 0.438. The van der Waals surface area contributed by atoms with E-state index >= 15 is 0 Å². The van der Waals surface area contributed by atoms with Gasteiger partial charge in [0.1, 0.15) is 0 Å². The first-order valence-electron chi connectivity index (χ1n) is 6.78. The van der Waals surface area contributed by atoms with Crippen molar-refractivity contribution in [2.45, 2.75) is 47.5 Å². The summed E-state index contributed by atoms with van der Waals surface area (Å²) in [5, 5.41) is 0. The van der Waals surface area contributed by atoms with Gasteiger partial charge in [0.15, 0.2) is 0 Å². The molecule has 0 aliphatic heterocycles. The first-order valence-corrected chi connectivity index (χ1v) is 6.78. The Morgan fingerprint density at radius 3 is 2.15 bits per heavy atom. The number of H-pyrrole nitrogens is 1. The van der Waals surface area contributed by atoms with Crippen molar-refractivity contribution in [3.05, 3.63) is 57.0 Å². The fourth-order valence-electron chi connectivity index (χ4n) is 2.15. The molecule has 2 heterocycles. The summed E-state index contributed by atoms with van der Waals surface area (Å²) in [6.07, 6.45) is 1.81. The van der Waals surface area contributed by atoms with Crippen LogP contribution in [0.4, 0.5) is 0 Å². The second-order valence-electron chi connectivity index (χ2n) is 5.23. The zero-order valence-electron chi connectivity index (χ0n) is 13.1. The summed E-state index contributed by atoms with van der Waals surface area (Å²) in [5.74, 6) is 0.411. The van der Waals surface area contributed by atoms with Crippen molar-refractivity contribution in [2.75, 3.05) is 0 Å². The lowest BCUT2D eigenvalue weighted by atomic mass is 10.0. The molecule has 0 amide bonds. The number of hydrogen-bond acceptors (Lipinski definition) is 3. The second-order valence-corrected chi connectivity index (χ2v) is 5.23. The van der Waals surface area contributed by atoms with Crippen LogP contribution in [0.5, 0.6) is 0 Å². The molecule has 2 rings (SSSR count). The van der Waals surface area contributed by atoms with Crippen LogP contribution in [0.15, 0.2) is 23.1 Å². The summed E-state index contributed by atoms with van der Waals surface area (Å²) in [6.45, 7) is 12.0. The van der Waals surface area contributed by atoms with E-state index in [1.165, 1.54) is 5.56 Å². The van der Waals surface area contributed by atoms with E-state index in [9.17, 15) is 4.79 Å². The highest BCUT2D eigenvalue weighted by molar-refractivity contribution is 5.25. The summed E-state index contributed by atoms with van der Waals surface area (Å²) in [6, 6.07) is 4.00. The lowest BCUT2D eigenvalue weighted by Gasteiger charge is -2.10. The maximum atomic E-state index is 10.9. The third-order valence-corrected chi connectivity index (χ3v) is 3.21. The molecule has 4 nitrogen and oxygen atoms in total. The van der Waals surface area contributed by atoms with E-state index in [0.717, 1.165) is 22.6 Å². The van der Waals surface area contributed by atoms with Gasteiger partial charge in [-0.2, -0.15) is 4.98 Å². The van der Waals surface area contributed by atoms with Crippen LogP contribution in [0.1, 0.15) is 48.0 Å². The van der Waals surface area contributed by atoms with Crippen LogP contribution < -0.4 is 5.69 Å². The Labute approximate surface area is 120 Å². The van der Waals surface area contributed by atoms with Gasteiger partial charge in [-0.05, 0) is 50.8 Å². The van der Waals surface area contributed by atoms with Crippen molar-refractivity contribution in [1.82, 2.24) is 15.0 Å². The Bertz CT molecular complexity index is 583. The van der Waals surface area contributed by atoms with Crippen LogP contribution in [0.25, 0.3) is 0 Å². The van der Waals surface area contributed by atoms with Crippen molar-refractivity contribution >= 4 is 0 Å². The minimum Gasteiger partial charge on any atom is -0.310 e. The fourth-order valence-corrected chi connectivity index (χ4v) is 2.15. The number of aryl methyl sites for hydroxylation is 4. The van der Waals surface area contributed by atoms with E-state index in [4.69, 9.17) is 0 Å². The Kier molecular flexibility index (Phi) is 5.62. The quantitative estimate of drug-likeness (QED) is 0.868. The molecule has 0 spiro atoms. The predicted molar refractivity (Wildman–Crippen MR) is 82.1 cm³/mol. The number of aromatic nitrogens is 3. The average Bonchev–Trinajstić information content (AvgIpc) is 2.32. The zero-order valence-corrected chi connectivity index (χ0v) is 13.1. The van der Waals surface area contributed by atoms with E-state index in [1.807, 2.05) is 33.0 Å². The van der Waals surface area contributed by atoms with E-state index in [2.05, 4.69) is 41.8 Å². The zero-order chi connectivity index (χ0) is 15.3. The molecule has 0 atom stereocenters. The Hall–Kier alpha value is -1.97. The van der Waals surface area contributed by atoms with Gasteiger partial charge in [0.05, 0.1) is 0 Å². The van der Waals surface area contributed by atoms with E-state index in [0.29, 0.717) is 5.92 Å². The number of rotatable bonds is 1. The smallest absolute Gasteiger partial charge is 0.310 e. The largest absolute Gasteiger partial charge is 0.345 e.